The smallest absolute Gasteiger partial charge is 0.305 e. The van der Waals surface area contributed by atoms with Gasteiger partial charge in [0, 0.05) is 6.04 Å². The Bertz CT molecular complexity index is 491. The third-order valence-electron chi connectivity index (χ3n) is 3.40. The molecule has 1 aliphatic rings. The summed E-state index contributed by atoms with van der Waals surface area (Å²) in [5.41, 5.74) is 1.05. The van der Waals surface area contributed by atoms with E-state index >= 15 is 0 Å². The van der Waals surface area contributed by atoms with E-state index in [-0.39, 0.29) is 24.3 Å². The second kappa shape index (κ2) is 5.42. The molecule has 6 nitrogen and oxygen atoms in total. The van der Waals surface area contributed by atoms with Gasteiger partial charge >= 0.3 is 5.97 Å². The van der Waals surface area contributed by atoms with Crippen molar-refractivity contribution in [1.29, 1.82) is 0 Å². The molecule has 0 aliphatic heterocycles. The molecule has 1 amide bonds. The van der Waals surface area contributed by atoms with Gasteiger partial charge in [-0.2, -0.15) is 0 Å². The first kappa shape index (κ1) is 13.6. The molecule has 0 radical (unpaired) electrons. The fourth-order valence-electron chi connectivity index (χ4n) is 2.21. The zero-order valence-corrected chi connectivity index (χ0v) is 11.1. The van der Waals surface area contributed by atoms with Crippen molar-refractivity contribution in [2.75, 3.05) is 0 Å². The molecule has 1 unspecified atom stereocenters. The van der Waals surface area contributed by atoms with Crippen LogP contribution in [0.4, 0.5) is 0 Å². The average molecular weight is 266 g/mol. The van der Waals surface area contributed by atoms with Crippen LogP contribution in [0.3, 0.4) is 0 Å². The molecule has 2 rings (SSSR count). The van der Waals surface area contributed by atoms with Gasteiger partial charge in [0.2, 0.25) is 0 Å². The van der Waals surface area contributed by atoms with Gasteiger partial charge in [0.1, 0.15) is 11.3 Å². The summed E-state index contributed by atoms with van der Waals surface area (Å²) in [6.45, 7) is 3.58. The maximum Gasteiger partial charge on any atom is 0.305 e. The van der Waals surface area contributed by atoms with Crippen LogP contribution in [0, 0.1) is 12.8 Å². The Hall–Kier alpha value is -1.85. The normalized spacial score (nSPS) is 16.1. The number of carboxylic acids is 1. The molecule has 104 valence electrons. The fourth-order valence-corrected chi connectivity index (χ4v) is 2.21. The van der Waals surface area contributed by atoms with E-state index < -0.39 is 5.97 Å². The summed E-state index contributed by atoms with van der Waals surface area (Å²) >= 11 is 0. The number of hydrogen-bond donors (Lipinski definition) is 2. The van der Waals surface area contributed by atoms with Crippen LogP contribution >= 0.6 is 0 Å². The highest BCUT2D eigenvalue weighted by Gasteiger charge is 2.34. The van der Waals surface area contributed by atoms with Gasteiger partial charge in [0.05, 0.1) is 12.1 Å². The highest BCUT2D eigenvalue weighted by Crippen LogP contribution is 2.34. The maximum atomic E-state index is 12.2. The summed E-state index contributed by atoms with van der Waals surface area (Å²) in [6.07, 6.45) is 2.51. The molecule has 0 aromatic carbocycles. The van der Waals surface area contributed by atoms with Crippen LogP contribution in [-0.2, 0) is 11.2 Å². The van der Waals surface area contributed by atoms with Crippen LogP contribution in [0.5, 0.6) is 0 Å². The van der Waals surface area contributed by atoms with E-state index in [1.165, 1.54) is 0 Å². The SMILES string of the molecule is CCc1noc(C)c1C(=O)NC(CC(=O)O)C1CC1. The number of hydrogen-bond acceptors (Lipinski definition) is 4. The Balaban J connectivity index is 2.10. The zero-order chi connectivity index (χ0) is 14.0. The number of carboxylic acid groups (broad SMARTS) is 1. The zero-order valence-electron chi connectivity index (χ0n) is 11.1. The lowest BCUT2D eigenvalue weighted by atomic mass is 10.1. The molecular weight excluding hydrogens is 248 g/mol. The Morgan fingerprint density at radius 2 is 2.21 bits per heavy atom. The lowest BCUT2D eigenvalue weighted by Gasteiger charge is -2.16. The van der Waals surface area contributed by atoms with E-state index in [9.17, 15) is 9.59 Å². The number of rotatable bonds is 6. The largest absolute Gasteiger partial charge is 0.481 e. The second-order valence-corrected chi connectivity index (χ2v) is 4.93. The van der Waals surface area contributed by atoms with Crippen molar-refractivity contribution in [3.8, 4) is 0 Å². The molecule has 0 bridgehead atoms. The fraction of sp³-hybridized carbons (Fsp3) is 0.615. The van der Waals surface area contributed by atoms with Crippen molar-refractivity contribution in [2.24, 2.45) is 5.92 Å². The molecule has 1 saturated carbocycles. The Morgan fingerprint density at radius 1 is 1.53 bits per heavy atom. The van der Waals surface area contributed by atoms with Crippen molar-refractivity contribution in [1.82, 2.24) is 10.5 Å². The van der Waals surface area contributed by atoms with Gasteiger partial charge in [-0.05, 0) is 32.1 Å². The van der Waals surface area contributed by atoms with Crippen molar-refractivity contribution < 1.29 is 19.2 Å². The quantitative estimate of drug-likeness (QED) is 0.814. The number of aromatic nitrogens is 1. The summed E-state index contributed by atoms with van der Waals surface area (Å²) in [5.74, 6) is -0.423. The Labute approximate surface area is 111 Å². The van der Waals surface area contributed by atoms with Crippen LogP contribution in [0.1, 0.15) is 48.0 Å². The van der Waals surface area contributed by atoms with Gasteiger partial charge in [-0.25, -0.2) is 0 Å². The molecule has 0 spiro atoms. The Kier molecular flexibility index (Phi) is 3.87. The monoisotopic (exact) mass is 266 g/mol. The number of carbonyl (C=O) groups excluding carboxylic acids is 1. The lowest BCUT2D eigenvalue weighted by Crippen LogP contribution is -2.38. The number of aliphatic carboxylic acids is 1. The van der Waals surface area contributed by atoms with Gasteiger partial charge in [0.25, 0.3) is 5.91 Å². The van der Waals surface area contributed by atoms with Crippen LogP contribution < -0.4 is 5.32 Å². The second-order valence-electron chi connectivity index (χ2n) is 4.93. The van der Waals surface area contributed by atoms with E-state index in [0.717, 1.165) is 12.8 Å². The predicted octanol–water partition coefficient (Wildman–Crippen LogP) is 1.53. The van der Waals surface area contributed by atoms with E-state index in [1.807, 2.05) is 6.92 Å². The maximum absolute atomic E-state index is 12.2. The first-order valence-corrected chi connectivity index (χ1v) is 6.50. The highest BCUT2D eigenvalue weighted by atomic mass is 16.5. The van der Waals surface area contributed by atoms with Crippen molar-refractivity contribution in [3.63, 3.8) is 0 Å². The van der Waals surface area contributed by atoms with Gasteiger partial charge < -0.3 is 14.9 Å². The first-order valence-electron chi connectivity index (χ1n) is 6.50. The van der Waals surface area contributed by atoms with E-state index in [0.29, 0.717) is 23.4 Å². The van der Waals surface area contributed by atoms with Crippen molar-refractivity contribution in [3.05, 3.63) is 17.0 Å². The van der Waals surface area contributed by atoms with Gasteiger partial charge in [0.15, 0.2) is 0 Å². The minimum atomic E-state index is -0.894. The Morgan fingerprint density at radius 3 is 2.74 bits per heavy atom. The van der Waals surface area contributed by atoms with E-state index in [2.05, 4.69) is 10.5 Å². The molecule has 1 aliphatic carbocycles. The van der Waals surface area contributed by atoms with Crippen molar-refractivity contribution in [2.45, 2.75) is 45.6 Å². The molecule has 1 atom stereocenters. The number of aryl methyl sites for hydroxylation is 2. The molecular formula is C13H18N2O4. The van der Waals surface area contributed by atoms with Gasteiger partial charge in [-0.15, -0.1) is 0 Å². The molecule has 1 aromatic rings. The highest BCUT2D eigenvalue weighted by molar-refractivity contribution is 5.96. The van der Waals surface area contributed by atoms with E-state index in [1.54, 1.807) is 6.92 Å². The van der Waals surface area contributed by atoms with Gasteiger partial charge in [-0.3, -0.25) is 9.59 Å². The summed E-state index contributed by atoms with van der Waals surface area (Å²) < 4.78 is 5.02. The van der Waals surface area contributed by atoms with Gasteiger partial charge in [-0.1, -0.05) is 12.1 Å². The molecule has 1 aromatic heterocycles. The molecule has 2 N–H and O–H groups in total. The average Bonchev–Trinajstić information content (AvgIpc) is 3.11. The summed E-state index contributed by atoms with van der Waals surface area (Å²) in [5, 5.41) is 15.5. The summed E-state index contributed by atoms with van der Waals surface area (Å²) in [6, 6.07) is -0.302. The van der Waals surface area contributed by atoms with Crippen molar-refractivity contribution >= 4 is 11.9 Å². The van der Waals surface area contributed by atoms with Crippen LogP contribution in [0.25, 0.3) is 0 Å². The van der Waals surface area contributed by atoms with Crippen LogP contribution in [0.2, 0.25) is 0 Å². The molecule has 1 fully saturated rings. The molecule has 19 heavy (non-hydrogen) atoms. The minimum absolute atomic E-state index is 0.0395. The summed E-state index contributed by atoms with van der Waals surface area (Å²) in [4.78, 5) is 23.0. The molecule has 0 saturated heterocycles. The molecule has 1 heterocycles. The van der Waals surface area contributed by atoms with Crippen LogP contribution in [0.15, 0.2) is 4.52 Å². The third kappa shape index (κ3) is 3.13. The topological polar surface area (TPSA) is 92.4 Å². The third-order valence-corrected chi connectivity index (χ3v) is 3.40. The lowest BCUT2D eigenvalue weighted by molar-refractivity contribution is -0.137. The number of carbonyl (C=O) groups is 2. The molecule has 6 heteroatoms. The van der Waals surface area contributed by atoms with Crippen LogP contribution in [-0.4, -0.2) is 28.2 Å². The number of nitrogens with one attached hydrogen (secondary N) is 1. The first-order chi connectivity index (χ1) is 9.02. The number of amides is 1. The number of nitrogens with zero attached hydrogens (tertiary/aromatic N) is 1. The summed E-state index contributed by atoms with van der Waals surface area (Å²) in [7, 11) is 0. The standard InChI is InChI=1S/C13H18N2O4/c1-3-9-12(7(2)19-15-9)13(18)14-10(6-11(16)17)8-4-5-8/h8,10H,3-6H2,1-2H3,(H,14,18)(H,16,17). The predicted molar refractivity (Wildman–Crippen MR) is 66.8 cm³/mol. The minimum Gasteiger partial charge on any atom is -0.481 e. The van der Waals surface area contributed by atoms with E-state index in [4.69, 9.17) is 9.63 Å².